The Morgan fingerprint density at radius 1 is 1.50 bits per heavy atom. The first-order valence-electron chi connectivity index (χ1n) is 5.93. The van der Waals surface area contributed by atoms with Gasteiger partial charge in [0.2, 0.25) is 0 Å². The van der Waals surface area contributed by atoms with Crippen LogP contribution in [0.15, 0.2) is 12.7 Å². The average Bonchev–Trinajstić information content (AvgIpc) is 2.26. The Labute approximate surface area is 97.6 Å². The van der Waals surface area contributed by atoms with Crippen LogP contribution in [0.5, 0.6) is 0 Å². The SMILES string of the molecule is C=CCCCCC[C@H](NOCCC)C(=O)O. The van der Waals surface area contributed by atoms with Gasteiger partial charge in [0.15, 0.2) is 0 Å². The van der Waals surface area contributed by atoms with E-state index in [1.165, 1.54) is 0 Å². The van der Waals surface area contributed by atoms with Crippen LogP contribution in [0.3, 0.4) is 0 Å². The molecule has 0 aromatic rings. The lowest BCUT2D eigenvalue weighted by atomic mass is 10.1. The molecule has 0 amide bonds. The van der Waals surface area contributed by atoms with E-state index in [9.17, 15) is 4.79 Å². The van der Waals surface area contributed by atoms with Gasteiger partial charge < -0.3 is 9.94 Å². The molecule has 0 rings (SSSR count). The first-order valence-corrected chi connectivity index (χ1v) is 5.93. The van der Waals surface area contributed by atoms with Crippen LogP contribution in [0.2, 0.25) is 0 Å². The standard InChI is InChI=1S/C12H23NO3/c1-3-5-6-7-8-9-11(12(14)15)13-16-10-4-2/h3,11,13H,1,4-10H2,2H3,(H,14,15)/t11-/m0/s1. The number of unbranched alkanes of at least 4 members (excludes halogenated alkanes) is 3. The van der Waals surface area contributed by atoms with Gasteiger partial charge in [-0.05, 0) is 25.7 Å². The molecule has 94 valence electrons. The highest BCUT2D eigenvalue weighted by Gasteiger charge is 2.16. The van der Waals surface area contributed by atoms with Crippen molar-refractivity contribution in [1.82, 2.24) is 5.48 Å². The fraction of sp³-hybridized carbons (Fsp3) is 0.750. The van der Waals surface area contributed by atoms with E-state index in [0.29, 0.717) is 13.0 Å². The molecule has 0 saturated carbocycles. The summed E-state index contributed by atoms with van der Waals surface area (Å²) in [5.41, 5.74) is 2.59. The number of carboxylic acids is 1. The second-order valence-corrected chi connectivity index (χ2v) is 3.78. The van der Waals surface area contributed by atoms with E-state index in [0.717, 1.165) is 32.1 Å². The zero-order valence-corrected chi connectivity index (χ0v) is 10.1. The molecular weight excluding hydrogens is 206 g/mol. The first kappa shape index (κ1) is 15.1. The fourth-order valence-corrected chi connectivity index (χ4v) is 1.31. The molecule has 4 nitrogen and oxygen atoms in total. The number of carboxylic acid groups (broad SMARTS) is 1. The Hall–Kier alpha value is -0.870. The molecule has 0 unspecified atom stereocenters. The molecule has 0 aromatic heterocycles. The summed E-state index contributed by atoms with van der Waals surface area (Å²) in [5, 5.41) is 8.92. The summed E-state index contributed by atoms with van der Waals surface area (Å²) in [4.78, 5) is 15.9. The number of hydroxylamine groups is 1. The van der Waals surface area contributed by atoms with Gasteiger partial charge in [-0.2, -0.15) is 5.48 Å². The summed E-state index contributed by atoms with van der Waals surface area (Å²) >= 11 is 0. The number of allylic oxidation sites excluding steroid dienone is 1. The van der Waals surface area contributed by atoms with Crippen LogP contribution < -0.4 is 5.48 Å². The number of rotatable bonds is 11. The topological polar surface area (TPSA) is 58.6 Å². The van der Waals surface area contributed by atoms with Gasteiger partial charge in [-0.1, -0.05) is 25.8 Å². The van der Waals surface area contributed by atoms with E-state index < -0.39 is 12.0 Å². The van der Waals surface area contributed by atoms with E-state index in [1.807, 2.05) is 13.0 Å². The van der Waals surface area contributed by atoms with Crippen molar-refractivity contribution < 1.29 is 14.7 Å². The predicted molar refractivity (Wildman–Crippen MR) is 64.1 cm³/mol. The summed E-state index contributed by atoms with van der Waals surface area (Å²) in [6.07, 6.45) is 7.37. The van der Waals surface area contributed by atoms with Crippen molar-refractivity contribution in [2.45, 2.75) is 51.5 Å². The summed E-state index contributed by atoms with van der Waals surface area (Å²) in [6, 6.07) is -0.588. The van der Waals surface area contributed by atoms with E-state index in [1.54, 1.807) is 0 Å². The Kier molecular flexibility index (Phi) is 10.1. The molecule has 0 spiro atoms. The molecule has 0 aliphatic heterocycles. The quantitative estimate of drug-likeness (QED) is 0.325. The monoisotopic (exact) mass is 229 g/mol. The molecule has 0 bridgehead atoms. The molecule has 0 aliphatic rings. The second-order valence-electron chi connectivity index (χ2n) is 3.78. The maximum Gasteiger partial charge on any atom is 0.323 e. The van der Waals surface area contributed by atoms with Crippen molar-refractivity contribution in [2.75, 3.05) is 6.61 Å². The Morgan fingerprint density at radius 3 is 2.81 bits per heavy atom. The number of aliphatic carboxylic acids is 1. The van der Waals surface area contributed by atoms with Crippen LogP contribution in [0.4, 0.5) is 0 Å². The van der Waals surface area contributed by atoms with E-state index in [4.69, 9.17) is 9.94 Å². The van der Waals surface area contributed by atoms with Crippen LogP contribution in [0.25, 0.3) is 0 Å². The van der Waals surface area contributed by atoms with Gasteiger partial charge in [-0.15, -0.1) is 6.58 Å². The Bertz CT molecular complexity index is 195. The third-order valence-electron chi connectivity index (χ3n) is 2.23. The van der Waals surface area contributed by atoms with E-state index in [-0.39, 0.29) is 0 Å². The molecule has 2 N–H and O–H groups in total. The minimum Gasteiger partial charge on any atom is -0.480 e. The third-order valence-corrected chi connectivity index (χ3v) is 2.23. The highest BCUT2D eigenvalue weighted by Crippen LogP contribution is 2.06. The van der Waals surface area contributed by atoms with Gasteiger partial charge >= 0.3 is 5.97 Å². The molecule has 0 aromatic carbocycles. The number of hydrogen-bond donors (Lipinski definition) is 2. The third kappa shape index (κ3) is 8.44. The maximum atomic E-state index is 10.9. The fourth-order valence-electron chi connectivity index (χ4n) is 1.31. The van der Waals surface area contributed by atoms with Gasteiger partial charge in [0.05, 0.1) is 6.61 Å². The van der Waals surface area contributed by atoms with Crippen LogP contribution >= 0.6 is 0 Å². The lowest BCUT2D eigenvalue weighted by Crippen LogP contribution is -2.36. The van der Waals surface area contributed by atoms with Gasteiger partial charge in [-0.25, -0.2) is 0 Å². The molecule has 0 saturated heterocycles. The van der Waals surface area contributed by atoms with Gasteiger partial charge in [0.25, 0.3) is 0 Å². The number of nitrogens with one attached hydrogen (secondary N) is 1. The van der Waals surface area contributed by atoms with Crippen LogP contribution in [0.1, 0.15) is 45.4 Å². The zero-order valence-electron chi connectivity index (χ0n) is 10.1. The van der Waals surface area contributed by atoms with Crippen molar-refractivity contribution in [1.29, 1.82) is 0 Å². The zero-order chi connectivity index (χ0) is 12.2. The minimum atomic E-state index is -0.847. The summed E-state index contributed by atoms with van der Waals surface area (Å²) in [6.45, 7) is 6.17. The highest BCUT2D eigenvalue weighted by atomic mass is 16.6. The Balaban J connectivity index is 3.59. The average molecular weight is 229 g/mol. The molecule has 0 heterocycles. The van der Waals surface area contributed by atoms with Crippen LogP contribution in [-0.2, 0) is 9.63 Å². The molecule has 4 heteroatoms. The van der Waals surface area contributed by atoms with E-state index >= 15 is 0 Å². The molecular formula is C12H23NO3. The Morgan fingerprint density at radius 2 is 2.25 bits per heavy atom. The van der Waals surface area contributed by atoms with E-state index in [2.05, 4.69) is 12.1 Å². The summed E-state index contributed by atoms with van der Waals surface area (Å²) < 4.78 is 0. The largest absolute Gasteiger partial charge is 0.480 e. The van der Waals surface area contributed by atoms with Gasteiger partial charge in [-0.3, -0.25) is 4.79 Å². The molecule has 16 heavy (non-hydrogen) atoms. The highest BCUT2D eigenvalue weighted by molar-refractivity contribution is 5.73. The van der Waals surface area contributed by atoms with Crippen molar-refractivity contribution in [3.63, 3.8) is 0 Å². The second kappa shape index (κ2) is 10.6. The predicted octanol–water partition coefficient (Wildman–Crippen LogP) is 2.51. The lowest BCUT2D eigenvalue weighted by molar-refractivity contribution is -0.144. The van der Waals surface area contributed by atoms with Crippen molar-refractivity contribution >= 4 is 5.97 Å². The van der Waals surface area contributed by atoms with Gasteiger partial charge in [0.1, 0.15) is 6.04 Å². The molecule has 1 atom stereocenters. The maximum absolute atomic E-state index is 10.9. The van der Waals surface area contributed by atoms with Crippen LogP contribution in [-0.4, -0.2) is 23.7 Å². The van der Waals surface area contributed by atoms with Gasteiger partial charge in [0, 0.05) is 0 Å². The van der Waals surface area contributed by atoms with Crippen LogP contribution in [0, 0.1) is 0 Å². The smallest absolute Gasteiger partial charge is 0.323 e. The molecule has 0 radical (unpaired) electrons. The summed E-state index contributed by atoms with van der Waals surface area (Å²) in [5.74, 6) is -0.847. The normalized spacial score (nSPS) is 12.3. The van der Waals surface area contributed by atoms with Crippen molar-refractivity contribution in [2.24, 2.45) is 0 Å². The molecule has 0 fully saturated rings. The minimum absolute atomic E-state index is 0.542. The van der Waals surface area contributed by atoms with Crippen molar-refractivity contribution in [3.8, 4) is 0 Å². The number of carbonyl (C=O) groups is 1. The first-order chi connectivity index (χ1) is 7.72. The summed E-state index contributed by atoms with van der Waals surface area (Å²) in [7, 11) is 0. The van der Waals surface area contributed by atoms with Crippen molar-refractivity contribution in [3.05, 3.63) is 12.7 Å². The number of hydrogen-bond acceptors (Lipinski definition) is 3. The lowest BCUT2D eigenvalue weighted by Gasteiger charge is -2.13. The molecule has 0 aliphatic carbocycles.